The second-order valence-corrected chi connectivity index (χ2v) is 3.71. The maximum absolute atomic E-state index is 13.1. The van der Waals surface area contributed by atoms with Crippen molar-refractivity contribution in [3.63, 3.8) is 0 Å². The van der Waals surface area contributed by atoms with Gasteiger partial charge in [0.15, 0.2) is 0 Å². The van der Waals surface area contributed by atoms with Gasteiger partial charge < -0.3 is 10.4 Å². The summed E-state index contributed by atoms with van der Waals surface area (Å²) >= 11 is 0. The molecule has 1 atom stereocenters. The Morgan fingerprint density at radius 3 is 2.47 bits per heavy atom. The molecule has 0 heterocycles. The van der Waals surface area contributed by atoms with Crippen LogP contribution in [0.3, 0.4) is 0 Å². The zero-order valence-corrected chi connectivity index (χ0v) is 9.37. The van der Waals surface area contributed by atoms with Crippen molar-refractivity contribution in [1.82, 2.24) is 5.32 Å². The first kappa shape index (κ1) is 14.9. The van der Waals surface area contributed by atoms with Crippen molar-refractivity contribution < 1.29 is 32.3 Å². The first-order valence-electron chi connectivity index (χ1n) is 5.03. The van der Waals surface area contributed by atoms with Crippen LogP contribution < -0.4 is 5.32 Å². The average molecular weight is 279 g/mol. The van der Waals surface area contributed by atoms with Crippen LogP contribution in [0.25, 0.3) is 0 Å². The molecular formula is C11H9F4NO3. The molecule has 0 aromatic heterocycles. The molecule has 0 radical (unpaired) electrons. The molecule has 8 heteroatoms. The molecule has 1 aromatic carbocycles. The Kier molecular flexibility index (Phi) is 4.47. The molecule has 2 N–H and O–H groups in total. The van der Waals surface area contributed by atoms with Crippen molar-refractivity contribution in [3.05, 3.63) is 35.1 Å². The highest BCUT2D eigenvalue weighted by Gasteiger charge is 2.32. The monoisotopic (exact) mass is 279 g/mol. The summed E-state index contributed by atoms with van der Waals surface area (Å²) in [4.78, 5) is 20.9. The van der Waals surface area contributed by atoms with Crippen molar-refractivity contribution in [2.45, 2.75) is 18.6 Å². The van der Waals surface area contributed by atoms with Gasteiger partial charge in [-0.05, 0) is 23.8 Å². The Bertz CT molecular complexity index is 487. The van der Waals surface area contributed by atoms with E-state index in [1.165, 1.54) is 0 Å². The molecular weight excluding hydrogens is 270 g/mol. The van der Waals surface area contributed by atoms with Crippen LogP contribution in [0.4, 0.5) is 17.6 Å². The third-order valence-corrected chi connectivity index (χ3v) is 2.30. The Hall–Kier alpha value is -2.12. The van der Waals surface area contributed by atoms with Gasteiger partial charge in [0.25, 0.3) is 0 Å². The van der Waals surface area contributed by atoms with Crippen LogP contribution in [0.15, 0.2) is 18.2 Å². The molecule has 1 amide bonds. The fourth-order valence-corrected chi connectivity index (χ4v) is 1.51. The van der Waals surface area contributed by atoms with E-state index in [0.29, 0.717) is 12.1 Å². The zero-order chi connectivity index (χ0) is 14.6. The van der Waals surface area contributed by atoms with E-state index < -0.39 is 36.0 Å². The molecule has 0 aliphatic rings. The summed E-state index contributed by atoms with van der Waals surface area (Å²) in [6, 6.07) is 0.418. The highest BCUT2D eigenvalue weighted by atomic mass is 19.4. The second kappa shape index (κ2) is 5.68. The minimum Gasteiger partial charge on any atom is -0.481 e. The number of carboxylic acid groups (broad SMARTS) is 1. The number of carbonyl (C=O) groups is 2. The number of hydrogen-bond donors (Lipinski definition) is 2. The summed E-state index contributed by atoms with van der Waals surface area (Å²) in [7, 11) is 0. The molecule has 0 saturated heterocycles. The van der Waals surface area contributed by atoms with Crippen molar-refractivity contribution in [2.24, 2.45) is 0 Å². The summed E-state index contributed by atoms with van der Waals surface area (Å²) in [5, 5.41) is 10.6. The van der Waals surface area contributed by atoms with Gasteiger partial charge in [-0.25, -0.2) is 4.39 Å². The number of rotatable bonds is 5. The molecule has 0 spiro atoms. The predicted octanol–water partition coefficient (Wildman–Crippen LogP) is 2.11. The Morgan fingerprint density at radius 2 is 2.00 bits per heavy atom. The normalized spacial score (nSPS) is 12.8. The number of carboxylic acids is 1. The van der Waals surface area contributed by atoms with Gasteiger partial charge in [-0.1, -0.05) is 0 Å². The van der Waals surface area contributed by atoms with Gasteiger partial charge in [0.2, 0.25) is 6.41 Å². The van der Waals surface area contributed by atoms with E-state index in [1.807, 2.05) is 5.32 Å². The van der Waals surface area contributed by atoms with Crippen molar-refractivity contribution in [1.29, 1.82) is 0 Å². The standard InChI is InChI=1S/C11H9F4NO3/c12-8-2-6(1-7(3-8)11(13,14)15)9(16-5-17)4-10(18)19/h1-3,5,9H,4H2,(H,16,17)(H,18,19)/t9-/m1/s1. The lowest BCUT2D eigenvalue weighted by molar-refractivity contribution is -0.138. The third kappa shape index (κ3) is 4.23. The van der Waals surface area contributed by atoms with E-state index in [0.717, 1.165) is 6.07 Å². The highest BCUT2D eigenvalue weighted by Crippen LogP contribution is 2.32. The lowest BCUT2D eigenvalue weighted by atomic mass is 10.0. The van der Waals surface area contributed by atoms with Gasteiger partial charge in [0.05, 0.1) is 18.0 Å². The second-order valence-electron chi connectivity index (χ2n) is 3.71. The van der Waals surface area contributed by atoms with Gasteiger partial charge in [-0.15, -0.1) is 0 Å². The number of benzene rings is 1. The first-order valence-corrected chi connectivity index (χ1v) is 5.03. The summed E-state index contributed by atoms with van der Waals surface area (Å²) in [6.45, 7) is 0. The molecule has 0 aliphatic heterocycles. The zero-order valence-electron chi connectivity index (χ0n) is 9.37. The number of amides is 1. The summed E-state index contributed by atoms with van der Waals surface area (Å²) < 4.78 is 50.6. The van der Waals surface area contributed by atoms with Crippen molar-refractivity contribution in [2.75, 3.05) is 0 Å². The van der Waals surface area contributed by atoms with E-state index in [2.05, 4.69) is 0 Å². The summed E-state index contributed by atoms with van der Waals surface area (Å²) in [6.07, 6.45) is -5.27. The molecule has 104 valence electrons. The van der Waals surface area contributed by atoms with E-state index in [-0.39, 0.29) is 12.0 Å². The topological polar surface area (TPSA) is 66.4 Å². The number of carbonyl (C=O) groups excluding carboxylic acids is 1. The maximum atomic E-state index is 13.1. The fraction of sp³-hybridized carbons (Fsp3) is 0.273. The number of aliphatic carboxylic acids is 1. The smallest absolute Gasteiger partial charge is 0.416 e. The van der Waals surface area contributed by atoms with Crippen LogP contribution in [0.2, 0.25) is 0 Å². The van der Waals surface area contributed by atoms with E-state index in [1.54, 1.807) is 0 Å². The molecule has 1 aromatic rings. The van der Waals surface area contributed by atoms with E-state index in [9.17, 15) is 27.2 Å². The van der Waals surface area contributed by atoms with Crippen LogP contribution in [-0.2, 0) is 15.8 Å². The molecule has 0 saturated carbocycles. The molecule has 0 bridgehead atoms. The quantitative estimate of drug-likeness (QED) is 0.640. The minimum absolute atomic E-state index is 0.145. The maximum Gasteiger partial charge on any atom is 0.416 e. The van der Waals surface area contributed by atoms with Gasteiger partial charge in [-0.2, -0.15) is 13.2 Å². The molecule has 0 unspecified atom stereocenters. The van der Waals surface area contributed by atoms with Gasteiger partial charge in [-0.3, -0.25) is 9.59 Å². The SMILES string of the molecule is O=CN[C@H](CC(=O)O)c1cc(F)cc(C(F)(F)F)c1. The Labute approximate surface area is 105 Å². The highest BCUT2D eigenvalue weighted by molar-refractivity contribution is 5.68. The Morgan fingerprint density at radius 1 is 1.37 bits per heavy atom. The molecule has 1 rings (SSSR count). The number of hydrogen-bond acceptors (Lipinski definition) is 2. The van der Waals surface area contributed by atoms with E-state index >= 15 is 0 Å². The lowest BCUT2D eigenvalue weighted by Gasteiger charge is -2.16. The van der Waals surface area contributed by atoms with E-state index in [4.69, 9.17) is 5.11 Å². The lowest BCUT2D eigenvalue weighted by Crippen LogP contribution is -2.23. The molecule has 4 nitrogen and oxygen atoms in total. The van der Waals surface area contributed by atoms with Crippen LogP contribution in [0.1, 0.15) is 23.6 Å². The third-order valence-electron chi connectivity index (χ3n) is 2.30. The Balaban J connectivity index is 3.19. The summed E-state index contributed by atoms with van der Waals surface area (Å²) in [5.41, 5.74) is -1.51. The van der Waals surface area contributed by atoms with Gasteiger partial charge in [0.1, 0.15) is 5.82 Å². The number of nitrogens with one attached hydrogen (secondary N) is 1. The van der Waals surface area contributed by atoms with Gasteiger partial charge in [0, 0.05) is 0 Å². The largest absolute Gasteiger partial charge is 0.481 e. The van der Waals surface area contributed by atoms with Crippen molar-refractivity contribution >= 4 is 12.4 Å². The van der Waals surface area contributed by atoms with Crippen LogP contribution >= 0.6 is 0 Å². The van der Waals surface area contributed by atoms with Crippen LogP contribution in [0, 0.1) is 5.82 Å². The minimum atomic E-state index is -4.76. The summed E-state index contributed by atoms with van der Waals surface area (Å²) in [5.74, 6) is -2.50. The molecule has 0 aliphatic carbocycles. The van der Waals surface area contributed by atoms with Crippen LogP contribution in [-0.4, -0.2) is 17.5 Å². The number of halogens is 4. The molecule has 19 heavy (non-hydrogen) atoms. The van der Waals surface area contributed by atoms with Crippen molar-refractivity contribution in [3.8, 4) is 0 Å². The van der Waals surface area contributed by atoms with Crippen LogP contribution in [0.5, 0.6) is 0 Å². The van der Waals surface area contributed by atoms with Gasteiger partial charge >= 0.3 is 12.1 Å². The average Bonchev–Trinajstić information content (AvgIpc) is 2.26. The number of alkyl halides is 3. The predicted molar refractivity (Wildman–Crippen MR) is 55.6 cm³/mol. The first-order chi connectivity index (χ1) is 8.74. The molecule has 0 fully saturated rings. The fourth-order valence-electron chi connectivity index (χ4n) is 1.51.